The van der Waals surface area contributed by atoms with Crippen LogP contribution in [0.25, 0.3) is 62.3 Å². The number of hydrogen-bond acceptors (Lipinski definition) is 5. The first-order valence-corrected chi connectivity index (χ1v) is 21.6. The molecule has 0 fully saturated rings. The molecule has 4 aromatic heterocycles. The molecule has 0 aliphatic heterocycles. The molecule has 4 heterocycles. The second-order valence-electron chi connectivity index (χ2n) is 16.0. The molecule has 270 valence electrons. The van der Waals surface area contributed by atoms with E-state index in [1.165, 1.54) is 102 Å². The van der Waals surface area contributed by atoms with Crippen LogP contribution in [-0.4, -0.2) is 4.98 Å². The van der Waals surface area contributed by atoms with Gasteiger partial charge in [0.05, 0.1) is 0 Å². The summed E-state index contributed by atoms with van der Waals surface area (Å²) in [4.78, 5) is 13.2. The third kappa shape index (κ3) is 5.15. The lowest BCUT2D eigenvalue weighted by molar-refractivity contribution is 0.660. The van der Waals surface area contributed by atoms with E-state index in [0.717, 1.165) is 0 Å². The van der Waals surface area contributed by atoms with E-state index in [0.29, 0.717) is 0 Å². The van der Waals surface area contributed by atoms with Crippen LogP contribution in [0.2, 0.25) is 0 Å². The van der Waals surface area contributed by atoms with Crippen LogP contribution >= 0.6 is 34.0 Å². The maximum absolute atomic E-state index is 4.19. The van der Waals surface area contributed by atoms with E-state index in [4.69, 9.17) is 0 Å². The van der Waals surface area contributed by atoms with Gasteiger partial charge in [0.2, 0.25) is 0 Å². The molecular weight excluding hydrogens is 737 g/mol. The van der Waals surface area contributed by atoms with Crippen molar-refractivity contribution in [3.8, 4) is 52.2 Å². The fourth-order valence-corrected chi connectivity index (χ4v) is 12.4. The standard InChI is InChI=1S/C51H38N2S3/c1-50(2)40-11-7-5-9-36(40)38-17-15-33(28-42(38)50)53(34-16-18-39-37-10-6-8-12-41(37)51(3,4)43(39)29-34)35-14-13-32-27-49(56-48(32)30-35)47-22-21-46(55-47)45-20-19-44(54-45)31-23-25-52-26-24-31/h5-30H,1-4H3. The van der Waals surface area contributed by atoms with E-state index in [9.17, 15) is 0 Å². The fraction of sp³-hybridized carbons (Fsp3) is 0.118. The fourth-order valence-electron chi connectivity index (χ4n) is 9.13. The molecule has 0 radical (unpaired) electrons. The summed E-state index contributed by atoms with van der Waals surface area (Å²) in [5, 5.41) is 1.27. The van der Waals surface area contributed by atoms with Crippen LogP contribution in [0.3, 0.4) is 0 Å². The molecule has 0 saturated carbocycles. The zero-order valence-electron chi connectivity index (χ0n) is 31.6. The van der Waals surface area contributed by atoms with Gasteiger partial charge < -0.3 is 4.90 Å². The Morgan fingerprint density at radius 3 is 1.50 bits per heavy atom. The van der Waals surface area contributed by atoms with Crippen molar-refractivity contribution in [2.24, 2.45) is 0 Å². The quantitative estimate of drug-likeness (QED) is 0.167. The number of nitrogens with zero attached hydrogens (tertiary/aromatic N) is 2. The summed E-state index contributed by atoms with van der Waals surface area (Å²) in [7, 11) is 0. The van der Waals surface area contributed by atoms with Gasteiger partial charge in [-0.3, -0.25) is 4.98 Å². The van der Waals surface area contributed by atoms with Crippen molar-refractivity contribution in [3.05, 3.63) is 180 Å². The summed E-state index contributed by atoms with van der Waals surface area (Å²) in [5.74, 6) is 0. The van der Waals surface area contributed by atoms with Gasteiger partial charge in [0.15, 0.2) is 0 Å². The van der Waals surface area contributed by atoms with E-state index in [2.05, 4.69) is 183 Å². The zero-order chi connectivity index (χ0) is 37.8. The lowest BCUT2D eigenvalue weighted by atomic mass is 9.82. The Labute approximate surface area is 340 Å². The third-order valence-electron chi connectivity index (χ3n) is 12.1. The molecule has 11 rings (SSSR count). The van der Waals surface area contributed by atoms with E-state index in [1.54, 1.807) is 0 Å². The Hall–Kier alpha value is -5.59. The Balaban J connectivity index is 1.01. The van der Waals surface area contributed by atoms with Crippen LogP contribution < -0.4 is 4.90 Å². The van der Waals surface area contributed by atoms with Crippen LogP contribution in [0.15, 0.2) is 158 Å². The molecule has 5 heteroatoms. The van der Waals surface area contributed by atoms with Crippen molar-refractivity contribution in [1.82, 2.24) is 4.98 Å². The zero-order valence-corrected chi connectivity index (χ0v) is 34.1. The van der Waals surface area contributed by atoms with Crippen LogP contribution in [0, 0.1) is 0 Å². The number of pyridine rings is 1. The smallest absolute Gasteiger partial charge is 0.0476 e. The number of anilines is 3. The second kappa shape index (κ2) is 12.5. The minimum atomic E-state index is -0.0922. The predicted octanol–water partition coefficient (Wildman–Crippen LogP) is 15.5. The van der Waals surface area contributed by atoms with Gasteiger partial charge >= 0.3 is 0 Å². The van der Waals surface area contributed by atoms with E-state index in [-0.39, 0.29) is 10.8 Å². The van der Waals surface area contributed by atoms with Crippen LogP contribution in [-0.2, 0) is 10.8 Å². The van der Waals surface area contributed by atoms with Gasteiger partial charge in [-0.2, -0.15) is 0 Å². The van der Waals surface area contributed by atoms with E-state index >= 15 is 0 Å². The largest absolute Gasteiger partial charge is 0.310 e. The van der Waals surface area contributed by atoms with Crippen molar-refractivity contribution in [2.75, 3.05) is 4.90 Å². The lowest BCUT2D eigenvalue weighted by Crippen LogP contribution is -2.18. The number of benzene rings is 5. The summed E-state index contributed by atoms with van der Waals surface area (Å²) >= 11 is 5.60. The summed E-state index contributed by atoms with van der Waals surface area (Å²) < 4.78 is 1.29. The van der Waals surface area contributed by atoms with Gasteiger partial charge in [-0.1, -0.05) is 94.4 Å². The van der Waals surface area contributed by atoms with Crippen LogP contribution in [0.4, 0.5) is 17.1 Å². The molecule has 0 saturated heterocycles. The molecule has 5 aromatic carbocycles. The summed E-state index contributed by atoms with van der Waals surface area (Å²) in [6.45, 7) is 9.48. The third-order valence-corrected chi connectivity index (χ3v) is 15.8. The Morgan fingerprint density at radius 2 is 0.893 bits per heavy atom. The summed E-state index contributed by atoms with van der Waals surface area (Å²) in [6.07, 6.45) is 3.72. The average Bonchev–Trinajstić information content (AvgIpc) is 4.06. The maximum atomic E-state index is 4.19. The molecule has 56 heavy (non-hydrogen) atoms. The summed E-state index contributed by atoms with van der Waals surface area (Å²) in [6, 6.07) is 54.7. The average molecular weight is 775 g/mol. The Kier molecular flexibility index (Phi) is 7.50. The molecule has 0 bridgehead atoms. The SMILES string of the molecule is CC1(C)c2ccccc2-c2ccc(N(c3ccc4c(c3)C(C)(C)c3ccccc3-4)c3ccc4cc(-c5ccc(-c6ccc(-c7ccncc7)s6)s5)sc4c3)cc21. The highest BCUT2D eigenvalue weighted by molar-refractivity contribution is 7.29. The number of thiophene rings is 3. The monoisotopic (exact) mass is 774 g/mol. The molecule has 2 nitrogen and oxygen atoms in total. The van der Waals surface area contributed by atoms with Crippen molar-refractivity contribution >= 4 is 61.2 Å². The normalized spacial score (nSPS) is 14.4. The maximum Gasteiger partial charge on any atom is 0.0476 e. The topological polar surface area (TPSA) is 16.1 Å². The number of aromatic nitrogens is 1. The van der Waals surface area contributed by atoms with Crippen LogP contribution in [0.1, 0.15) is 49.9 Å². The Bertz CT molecular complexity index is 2890. The molecular formula is C51H38N2S3. The molecule has 2 aliphatic rings. The van der Waals surface area contributed by atoms with Crippen molar-refractivity contribution < 1.29 is 0 Å². The number of hydrogen-bond donors (Lipinski definition) is 0. The molecule has 9 aromatic rings. The van der Waals surface area contributed by atoms with Gasteiger partial charge in [-0.25, -0.2) is 0 Å². The highest BCUT2D eigenvalue weighted by Gasteiger charge is 2.37. The molecule has 0 N–H and O–H groups in total. The van der Waals surface area contributed by atoms with Gasteiger partial charge in [0.25, 0.3) is 0 Å². The summed E-state index contributed by atoms with van der Waals surface area (Å²) in [5.41, 5.74) is 15.5. The minimum absolute atomic E-state index is 0.0922. The molecule has 0 atom stereocenters. The molecule has 0 spiro atoms. The number of fused-ring (bicyclic) bond motifs is 7. The van der Waals surface area contributed by atoms with E-state index < -0.39 is 0 Å². The second-order valence-corrected chi connectivity index (χ2v) is 19.3. The number of rotatable bonds is 6. The predicted molar refractivity (Wildman–Crippen MR) is 241 cm³/mol. The van der Waals surface area contributed by atoms with Gasteiger partial charge in [0, 0.05) is 69.4 Å². The molecule has 0 unspecified atom stereocenters. The van der Waals surface area contributed by atoms with Gasteiger partial charge in [0.1, 0.15) is 0 Å². The Morgan fingerprint density at radius 1 is 0.411 bits per heavy atom. The van der Waals surface area contributed by atoms with Gasteiger partial charge in [-0.05, 0) is 134 Å². The first kappa shape index (κ1) is 33.7. The first-order chi connectivity index (χ1) is 27.2. The lowest BCUT2D eigenvalue weighted by Gasteiger charge is -2.29. The van der Waals surface area contributed by atoms with Crippen LogP contribution in [0.5, 0.6) is 0 Å². The van der Waals surface area contributed by atoms with Crippen molar-refractivity contribution in [3.63, 3.8) is 0 Å². The minimum Gasteiger partial charge on any atom is -0.310 e. The highest BCUT2D eigenvalue weighted by atomic mass is 32.1. The van der Waals surface area contributed by atoms with Gasteiger partial charge in [-0.15, -0.1) is 34.0 Å². The molecule has 0 amide bonds. The van der Waals surface area contributed by atoms with E-state index in [1.807, 2.05) is 46.4 Å². The first-order valence-electron chi connectivity index (χ1n) is 19.2. The highest BCUT2D eigenvalue weighted by Crippen LogP contribution is 2.53. The molecule has 2 aliphatic carbocycles. The van der Waals surface area contributed by atoms with Crippen molar-refractivity contribution in [1.29, 1.82) is 0 Å². The van der Waals surface area contributed by atoms with Crippen molar-refractivity contribution in [2.45, 2.75) is 38.5 Å².